The van der Waals surface area contributed by atoms with Crippen LogP contribution < -0.4 is 0 Å². The minimum Gasteiger partial charge on any atom is -0.497 e. The third kappa shape index (κ3) is 2.17. The van der Waals surface area contributed by atoms with Crippen LogP contribution >= 0.6 is 0 Å². The quantitative estimate of drug-likeness (QED) is 0.741. The number of methoxy groups -OCH3 is 2. The molecule has 0 radical (unpaired) electrons. The normalized spacial score (nSPS) is 10.7. The first-order valence-corrected chi connectivity index (χ1v) is 5.45. The van der Waals surface area contributed by atoms with Gasteiger partial charge in [-0.3, -0.25) is 0 Å². The van der Waals surface area contributed by atoms with Gasteiger partial charge in [0.1, 0.15) is 5.76 Å². The molecule has 0 saturated carbocycles. The first kappa shape index (κ1) is 11.7. The van der Waals surface area contributed by atoms with E-state index in [1.54, 1.807) is 20.4 Å². The topological polar surface area (TPSA) is 35.8 Å². The van der Waals surface area contributed by atoms with Gasteiger partial charge >= 0.3 is 0 Å². The molecule has 0 fully saturated rings. The average Bonchev–Trinajstić information content (AvgIpc) is 2.79. The van der Waals surface area contributed by atoms with E-state index in [0.29, 0.717) is 12.4 Å². The summed E-state index contributed by atoms with van der Waals surface area (Å²) in [6.45, 7) is 4.56. The zero-order valence-corrected chi connectivity index (χ0v) is 10.1. The van der Waals surface area contributed by atoms with Crippen LogP contribution in [0.5, 0.6) is 0 Å². The Hall–Kier alpha value is -1.81. The summed E-state index contributed by atoms with van der Waals surface area (Å²) in [4.78, 5) is 0. The van der Waals surface area contributed by atoms with Crippen LogP contribution in [0.4, 0.5) is 0 Å². The van der Waals surface area contributed by atoms with Crippen molar-refractivity contribution >= 4 is 11.3 Å². The highest BCUT2D eigenvalue weighted by Crippen LogP contribution is 2.22. The number of pyridine rings is 1. The van der Waals surface area contributed by atoms with Gasteiger partial charge in [-0.05, 0) is 18.1 Å². The fraction of sp³-hybridized carbons (Fsp3) is 0.308. The van der Waals surface area contributed by atoms with Crippen molar-refractivity contribution < 1.29 is 9.47 Å². The van der Waals surface area contributed by atoms with E-state index in [4.69, 9.17) is 9.47 Å². The summed E-state index contributed by atoms with van der Waals surface area (Å²) >= 11 is 0. The molecule has 0 aliphatic carbocycles. The van der Waals surface area contributed by atoms with Gasteiger partial charge in [-0.15, -0.1) is 0 Å². The van der Waals surface area contributed by atoms with Crippen molar-refractivity contribution in [3.8, 4) is 0 Å². The first-order valence-electron chi connectivity index (χ1n) is 5.45. The SMILES string of the molecule is C=C(OC)c1cnn2cccc(CCOC)c12. The third-order valence-corrected chi connectivity index (χ3v) is 2.75. The zero-order valence-electron chi connectivity index (χ0n) is 10.1. The summed E-state index contributed by atoms with van der Waals surface area (Å²) in [5.74, 6) is 0.630. The van der Waals surface area contributed by atoms with E-state index < -0.39 is 0 Å². The highest BCUT2D eigenvalue weighted by atomic mass is 16.5. The standard InChI is InChI=1S/C13H16N2O2/c1-10(17-3)12-9-14-15-7-4-5-11(13(12)15)6-8-16-2/h4-5,7,9H,1,6,8H2,2-3H3. The molecule has 0 saturated heterocycles. The zero-order chi connectivity index (χ0) is 12.3. The Morgan fingerprint density at radius 1 is 1.47 bits per heavy atom. The van der Waals surface area contributed by atoms with E-state index >= 15 is 0 Å². The van der Waals surface area contributed by atoms with Gasteiger partial charge in [0, 0.05) is 13.3 Å². The van der Waals surface area contributed by atoms with Crippen molar-refractivity contribution in [2.45, 2.75) is 6.42 Å². The Kier molecular flexibility index (Phi) is 3.44. The van der Waals surface area contributed by atoms with Crippen molar-refractivity contribution in [3.63, 3.8) is 0 Å². The molecule has 0 aliphatic rings. The summed E-state index contributed by atoms with van der Waals surface area (Å²) in [5, 5.41) is 4.29. The van der Waals surface area contributed by atoms with Gasteiger partial charge in [-0.1, -0.05) is 12.6 Å². The molecule has 0 aliphatic heterocycles. The molecule has 0 unspecified atom stereocenters. The Morgan fingerprint density at radius 3 is 3.00 bits per heavy atom. The van der Waals surface area contributed by atoms with Gasteiger partial charge in [0.05, 0.1) is 31.0 Å². The first-order chi connectivity index (χ1) is 8.27. The van der Waals surface area contributed by atoms with Gasteiger partial charge in [0.15, 0.2) is 0 Å². The molecule has 0 aromatic carbocycles. The van der Waals surface area contributed by atoms with Crippen LogP contribution in [0.2, 0.25) is 0 Å². The maximum absolute atomic E-state index is 5.18. The molecule has 0 atom stereocenters. The number of hydrogen-bond acceptors (Lipinski definition) is 3. The Bertz CT molecular complexity index is 531. The molecule has 2 aromatic rings. The molecular formula is C13H16N2O2. The number of aromatic nitrogens is 2. The molecule has 90 valence electrons. The van der Waals surface area contributed by atoms with Gasteiger partial charge in [0.2, 0.25) is 0 Å². The lowest BCUT2D eigenvalue weighted by Crippen LogP contribution is -1.99. The second-order valence-corrected chi connectivity index (χ2v) is 3.75. The molecule has 17 heavy (non-hydrogen) atoms. The predicted molar refractivity (Wildman–Crippen MR) is 66.8 cm³/mol. The molecule has 0 amide bonds. The predicted octanol–water partition coefficient (Wildman–Crippen LogP) is 2.14. The van der Waals surface area contributed by atoms with E-state index in [1.807, 2.05) is 16.8 Å². The van der Waals surface area contributed by atoms with Crippen LogP contribution in [-0.4, -0.2) is 30.4 Å². The Balaban J connectivity index is 2.51. The lowest BCUT2D eigenvalue weighted by Gasteiger charge is -2.07. The number of ether oxygens (including phenoxy) is 2. The van der Waals surface area contributed by atoms with Crippen LogP contribution in [0.3, 0.4) is 0 Å². The van der Waals surface area contributed by atoms with Crippen molar-refractivity contribution in [3.05, 3.63) is 42.2 Å². The Labute approximate surface area is 100 Å². The molecule has 4 nitrogen and oxygen atoms in total. The maximum Gasteiger partial charge on any atom is 0.122 e. The smallest absolute Gasteiger partial charge is 0.122 e. The van der Waals surface area contributed by atoms with Gasteiger partial charge in [-0.2, -0.15) is 5.10 Å². The molecule has 0 bridgehead atoms. The number of nitrogens with zero attached hydrogens (tertiary/aromatic N) is 2. The molecule has 0 spiro atoms. The monoisotopic (exact) mass is 232 g/mol. The minimum absolute atomic E-state index is 0.630. The van der Waals surface area contributed by atoms with Crippen molar-refractivity contribution in [2.24, 2.45) is 0 Å². The van der Waals surface area contributed by atoms with Crippen molar-refractivity contribution in [1.29, 1.82) is 0 Å². The summed E-state index contributed by atoms with van der Waals surface area (Å²) in [5.41, 5.74) is 3.15. The van der Waals surface area contributed by atoms with E-state index in [2.05, 4.69) is 17.7 Å². The van der Waals surface area contributed by atoms with Crippen LogP contribution in [0, 0.1) is 0 Å². The Morgan fingerprint density at radius 2 is 2.29 bits per heavy atom. The van der Waals surface area contributed by atoms with Gasteiger partial charge in [-0.25, -0.2) is 4.52 Å². The molecule has 2 heterocycles. The van der Waals surface area contributed by atoms with E-state index in [0.717, 1.165) is 17.5 Å². The van der Waals surface area contributed by atoms with E-state index in [9.17, 15) is 0 Å². The molecule has 2 aromatic heterocycles. The van der Waals surface area contributed by atoms with E-state index in [1.165, 1.54) is 5.56 Å². The summed E-state index contributed by atoms with van der Waals surface area (Å²) in [6, 6.07) is 4.05. The lowest BCUT2D eigenvalue weighted by atomic mass is 10.1. The number of hydrogen-bond donors (Lipinski definition) is 0. The lowest BCUT2D eigenvalue weighted by molar-refractivity contribution is 0.202. The van der Waals surface area contributed by atoms with Crippen molar-refractivity contribution in [2.75, 3.05) is 20.8 Å². The highest BCUT2D eigenvalue weighted by molar-refractivity contribution is 5.76. The summed E-state index contributed by atoms with van der Waals surface area (Å²) < 4.78 is 12.1. The minimum atomic E-state index is 0.630. The second kappa shape index (κ2) is 5.01. The fourth-order valence-electron chi connectivity index (χ4n) is 1.84. The maximum atomic E-state index is 5.18. The summed E-state index contributed by atoms with van der Waals surface area (Å²) in [7, 11) is 3.31. The van der Waals surface area contributed by atoms with Crippen LogP contribution in [-0.2, 0) is 15.9 Å². The largest absolute Gasteiger partial charge is 0.497 e. The third-order valence-electron chi connectivity index (χ3n) is 2.75. The molecule has 4 heteroatoms. The summed E-state index contributed by atoms with van der Waals surface area (Å²) in [6.07, 6.45) is 4.53. The van der Waals surface area contributed by atoms with Crippen LogP contribution in [0.1, 0.15) is 11.1 Å². The highest BCUT2D eigenvalue weighted by Gasteiger charge is 2.11. The number of rotatable bonds is 5. The van der Waals surface area contributed by atoms with E-state index in [-0.39, 0.29) is 0 Å². The second-order valence-electron chi connectivity index (χ2n) is 3.75. The fourth-order valence-corrected chi connectivity index (χ4v) is 1.84. The molecule has 0 N–H and O–H groups in total. The molecular weight excluding hydrogens is 216 g/mol. The average molecular weight is 232 g/mol. The van der Waals surface area contributed by atoms with Crippen LogP contribution in [0.25, 0.3) is 11.3 Å². The van der Waals surface area contributed by atoms with Gasteiger partial charge < -0.3 is 9.47 Å². The number of fused-ring (bicyclic) bond motifs is 1. The van der Waals surface area contributed by atoms with Crippen molar-refractivity contribution in [1.82, 2.24) is 9.61 Å². The van der Waals surface area contributed by atoms with Gasteiger partial charge in [0.25, 0.3) is 0 Å². The molecule has 2 rings (SSSR count). The van der Waals surface area contributed by atoms with Crippen LogP contribution in [0.15, 0.2) is 31.1 Å².